The van der Waals surface area contributed by atoms with Gasteiger partial charge in [-0.1, -0.05) is 72.1 Å². The summed E-state index contributed by atoms with van der Waals surface area (Å²) in [5, 5.41) is 0. The molecule has 0 aliphatic heterocycles. The second-order valence-corrected chi connectivity index (χ2v) is 0.816. The van der Waals surface area contributed by atoms with E-state index in [-0.39, 0.29) is 52.0 Å². The molecule has 0 aromatic carbocycles. The lowest BCUT2D eigenvalue weighted by molar-refractivity contribution is 1.45. The van der Waals surface area contributed by atoms with Crippen molar-refractivity contribution < 1.29 is 0 Å². The van der Waals surface area contributed by atoms with Gasteiger partial charge in [0.1, 0.15) is 7.28 Å². The van der Waals surface area contributed by atoms with Crippen LogP contribution in [-0.2, 0) is 0 Å². The van der Waals surface area contributed by atoms with Gasteiger partial charge in [0.25, 0.3) is 0 Å². The molecule has 0 saturated carbocycles. The standard InChI is InChI=1S/C3H8B.7CH4/c1-3-4-2;;;;;;;/h3H2,1-2H3;7*1H4. The van der Waals surface area contributed by atoms with Gasteiger partial charge in [-0.15, -0.1) is 0 Å². The monoisotopic (exact) mass is 167 g/mol. The fourth-order valence-corrected chi connectivity index (χ4v) is 0. The van der Waals surface area contributed by atoms with Gasteiger partial charge in [0.05, 0.1) is 0 Å². The summed E-state index contributed by atoms with van der Waals surface area (Å²) in [6.45, 7) is 4.18. The highest BCUT2D eigenvalue weighted by molar-refractivity contribution is 6.33. The first-order valence-corrected chi connectivity index (χ1v) is 1.69. The summed E-state index contributed by atoms with van der Waals surface area (Å²) in [6, 6.07) is 0. The van der Waals surface area contributed by atoms with Crippen LogP contribution in [-0.4, -0.2) is 7.28 Å². The third kappa shape index (κ3) is 577. The van der Waals surface area contributed by atoms with E-state index in [1.807, 2.05) is 0 Å². The molecule has 0 aromatic rings. The van der Waals surface area contributed by atoms with E-state index in [4.69, 9.17) is 0 Å². The van der Waals surface area contributed by atoms with E-state index in [0.29, 0.717) is 0 Å². The summed E-state index contributed by atoms with van der Waals surface area (Å²) in [7, 11) is 2.12. The van der Waals surface area contributed by atoms with E-state index in [0.717, 1.165) is 0 Å². The highest BCUT2D eigenvalue weighted by atomic mass is 13.3. The molecule has 0 heterocycles. The maximum Gasteiger partial charge on any atom is 0.105 e. The molecule has 0 aliphatic carbocycles. The highest BCUT2D eigenvalue weighted by Gasteiger charge is 1.61. The van der Waals surface area contributed by atoms with Gasteiger partial charge < -0.3 is 0 Å². The van der Waals surface area contributed by atoms with Gasteiger partial charge in [-0.05, 0) is 0 Å². The number of rotatable bonds is 1. The average Bonchev–Trinajstić information content (AvgIpc) is 1.37. The van der Waals surface area contributed by atoms with Crippen LogP contribution in [0.25, 0.3) is 0 Å². The minimum Gasteiger partial charge on any atom is -0.0920 e. The van der Waals surface area contributed by atoms with Crippen LogP contribution in [0.5, 0.6) is 0 Å². The maximum absolute atomic E-state index is 2.12. The Labute approximate surface area is 80.1 Å². The molecule has 1 radical (unpaired) electrons. The molecule has 0 amide bonds. The van der Waals surface area contributed by atoms with Crippen LogP contribution in [0.1, 0.15) is 58.9 Å². The van der Waals surface area contributed by atoms with Gasteiger partial charge >= 0.3 is 0 Å². The smallest absolute Gasteiger partial charge is 0.0920 e. The topological polar surface area (TPSA) is 0 Å². The largest absolute Gasteiger partial charge is 0.105 e. The quantitative estimate of drug-likeness (QED) is 0.444. The lowest BCUT2D eigenvalue weighted by Crippen LogP contribution is -1.67. The lowest BCUT2D eigenvalue weighted by Gasteiger charge is -1.64. The van der Waals surface area contributed by atoms with Crippen LogP contribution in [0.4, 0.5) is 0 Å². The molecular weight excluding hydrogens is 131 g/mol. The molecule has 1 heteroatoms. The van der Waals surface area contributed by atoms with Gasteiger partial charge in [0, 0.05) is 0 Å². The zero-order valence-electron chi connectivity index (χ0n) is 3.28. The van der Waals surface area contributed by atoms with Crippen molar-refractivity contribution in [1.29, 1.82) is 0 Å². The molecule has 0 rings (SSSR count). The maximum atomic E-state index is 2.12. The Bertz CT molecular complexity index is 6.83. The Morgan fingerprint density at radius 1 is 0.727 bits per heavy atom. The summed E-state index contributed by atoms with van der Waals surface area (Å²) in [6.07, 6.45) is 1.19. The molecular formula is C10H36B. The minimum absolute atomic E-state index is 0. The van der Waals surface area contributed by atoms with Crippen LogP contribution in [0.3, 0.4) is 0 Å². The second-order valence-electron chi connectivity index (χ2n) is 0.816. The molecule has 0 aromatic heterocycles. The molecule has 0 unspecified atom stereocenters. The first-order valence-electron chi connectivity index (χ1n) is 1.69. The van der Waals surface area contributed by atoms with Gasteiger partial charge in [-0.2, -0.15) is 0 Å². The van der Waals surface area contributed by atoms with Crippen molar-refractivity contribution >= 4 is 7.28 Å². The fraction of sp³-hybridized carbons (Fsp3) is 1.00. The van der Waals surface area contributed by atoms with Crippen LogP contribution in [0.15, 0.2) is 0 Å². The van der Waals surface area contributed by atoms with Gasteiger partial charge in [-0.3, -0.25) is 0 Å². The van der Waals surface area contributed by atoms with E-state index < -0.39 is 0 Å². The summed E-state index contributed by atoms with van der Waals surface area (Å²) in [5.41, 5.74) is 0. The Balaban J connectivity index is -0.00000000214. The SMILES string of the molecule is C.C.C.C.C.C.C.C[B]CC. The molecule has 0 aliphatic rings. The van der Waals surface area contributed by atoms with Crippen LogP contribution in [0, 0.1) is 0 Å². The van der Waals surface area contributed by atoms with E-state index in [1.165, 1.54) is 6.32 Å². The predicted octanol–water partition coefficient (Wildman–Crippen LogP) is 5.63. The van der Waals surface area contributed by atoms with Gasteiger partial charge in [0.15, 0.2) is 0 Å². The van der Waals surface area contributed by atoms with Crippen molar-refractivity contribution in [2.75, 3.05) is 0 Å². The molecule has 11 heavy (non-hydrogen) atoms. The van der Waals surface area contributed by atoms with Crippen molar-refractivity contribution in [3.63, 3.8) is 0 Å². The molecule has 0 nitrogen and oxygen atoms in total. The normalized spacial score (nSPS) is 2.36. The molecule has 0 spiro atoms. The molecule has 0 fully saturated rings. The third-order valence-electron chi connectivity index (χ3n) is 0.408. The predicted molar refractivity (Wildman–Crippen MR) is 69.2 cm³/mol. The Kier molecular flexibility index (Phi) is 2100. The third-order valence-corrected chi connectivity index (χ3v) is 0.408. The van der Waals surface area contributed by atoms with Crippen LogP contribution >= 0.6 is 0 Å². The zero-order chi connectivity index (χ0) is 3.41. The van der Waals surface area contributed by atoms with E-state index >= 15 is 0 Å². The summed E-state index contributed by atoms with van der Waals surface area (Å²) >= 11 is 0. The molecule has 0 saturated heterocycles. The van der Waals surface area contributed by atoms with Crippen LogP contribution in [0.2, 0.25) is 13.1 Å². The van der Waals surface area contributed by atoms with Crippen molar-refractivity contribution in [3.8, 4) is 0 Å². The minimum atomic E-state index is 0. The molecule has 79 valence electrons. The Morgan fingerprint density at radius 3 is 0.818 bits per heavy atom. The first kappa shape index (κ1) is 119. The van der Waals surface area contributed by atoms with E-state index in [1.54, 1.807) is 0 Å². The highest BCUT2D eigenvalue weighted by Crippen LogP contribution is 1.64. The number of hydrogen-bond donors (Lipinski definition) is 0. The van der Waals surface area contributed by atoms with Gasteiger partial charge in [-0.25, -0.2) is 0 Å². The van der Waals surface area contributed by atoms with Crippen molar-refractivity contribution in [1.82, 2.24) is 0 Å². The number of hydrogen-bond acceptors (Lipinski definition) is 0. The van der Waals surface area contributed by atoms with Crippen LogP contribution < -0.4 is 0 Å². The Hall–Kier alpha value is 0.0649. The zero-order valence-corrected chi connectivity index (χ0v) is 3.28. The fourth-order valence-electron chi connectivity index (χ4n) is 0. The van der Waals surface area contributed by atoms with Crippen molar-refractivity contribution in [2.24, 2.45) is 0 Å². The van der Waals surface area contributed by atoms with Crippen molar-refractivity contribution in [3.05, 3.63) is 0 Å². The summed E-state index contributed by atoms with van der Waals surface area (Å²) in [4.78, 5) is 0. The van der Waals surface area contributed by atoms with Gasteiger partial charge in [0.2, 0.25) is 0 Å². The van der Waals surface area contributed by atoms with E-state index in [2.05, 4.69) is 21.0 Å². The molecule has 0 N–H and O–H groups in total. The molecule has 0 bridgehead atoms. The first-order chi connectivity index (χ1) is 1.91. The second kappa shape index (κ2) is 194. The summed E-state index contributed by atoms with van der Waals surface area (Å²) in [5.74, 6) is 0. The van der Waals surface area contributed by atoms with E-state index in [9.17, 15) is 0 Å². The average molecular weight is 167 g/mol. The molecule has 0 atom stereocenters. The Morgan fingerprint density at radius 2 is 0.818 bits per heavy atom. The van der Waals surface area contributed by atoms with Crippen molar-refractivity contribution in [2.45, 2.75) is 72.1 Å². The lowest BCUT2D eigenvalue weighted by atomic mass is 9.79. The summed E-state index contributed by atoms with van der Waals surface area (Å²) < 4.78 is 0.